The number of rotatable bonds is 4. The number of nitrogens with zero attached hydrogens (tertiary/aromatic N) is 4. The quantitative estimate of drug-likeness (QED) is 0.512. The number of alkyl halides is 6. The second-order valence-corrected chi connectivity index (χ2v) is 6.18. The molecule has 1 aliphatic rings. The number of carbonyl (C=O) groups is 1. The minimum atomic E-state index is -4.94. The van der Waals surface area contributed by atoms with Crippen LogP contribution in [0, 0.1) is 0 Å². The van der Waals surface area contributed by atoms with Crippen molar-refractivity contribution >= 4 is 17.9 Å². The zero-order valence-electron chi connectivity index (χ0n) is 15.4. The van der Waals surface area contributed by atoms with E-state index in [4.69, 9.17) is 0 Å². The van der Waals surface area contributed by atoms with Gasteiger partial charge in [0, 0.05) is 11.1 Å². The third kappa shape index (κ3) is 6.76. The number of aromatic nitrogens is 4. The van der Waals surface area contributed by atoms with Crippen molar-refractivity contribution in [2.75, 3.05) is 0 Å². The van der Waals surface area contributed by atoms with E-state index in [0.29, 0.717) is 19.3 Å². The van der Waals surface area contributed by atoms with Crippen molar-refractivity contribution in [3.05, 3.63) is 47.3 Å². The Labute approximate surface area is 170 Å². The minimum Gasteiger partial charge on any atom is -0.386 e. The highest BCUT2D eigenvalue weighted by atomic mass is 19.4. The molecule has 0 radical (unpaired) electrons. The topological polar surface area (TPSA) is 87.1 Å². The maximum absolute atomic E-state index is 12.7. The fourth-order valence-electron chi connectivity index (χ4n) is 2.73. The molecule has 2 aromatic heterocycles. The summed E-state index contributed by atoms with van der Waals surface area (Å²) in [7, 11) is 0. The molecule has 0 amide bonds. The number of ether oxygens (including phenoxy) is 2. The molecule has 0 atom stereocenters. The molecule has 7 nitrogen and oxygen atoms in total. The van der Waals surface area contributed by atoms with Crippen LogP contribution in [0.25, 0.3) is 12.2 Å². The van der Waals surface area contributed by atoms with Crippen LogP contribution in [0.4, 0.5) is 26.3 Å². The van der Waals surface area contributed by atoms with E-state index in [-0.39, 0.29) is 22.5 Å². The molecule has 2 aromatic rings. The third-order valence-corrected chi connectivity index (χ3v) is 3.82. The minimum absolute atomic E-state index is 0.0216. The fourth-order valence-corrected chi connectivity index (χ4v) is 2.73. The van der Waals surface area contributed by atoms with Gasteiger partial charge in [-0.2, -0.15) is 0 Å². The van der Waals surface area contributed by atoms with E-state index in [1.807, 2.05) is 0 Å². The second kappa shape index (κ2) is 8.70. The molecule has 164 valence electrons. The highest BCUT2D eigenvalue weighted by Crippen LogP contribution is 2.28. The molecule has 0 N–H and O–H groups in total. The van der Waals surface area contributed by atoms with Gasteiger partial charge in [-0.05, 0) is 31.4 Å². The lowest BCUT2D eigenvalue weighted by atomic mass is 9.88. The van der Waals surface area contributed by atoms with Crippen molar-refractivity contribution in [3.63, 3.8) is 0 Å². The van der Waals surface area contributed by atoms with E-state index in [1.54, 1.807) is 0 Å². The van der Waals surface area contributed by atoms with E-state index < -0.39 is 30.3 Å². The van der Waals surface area contributed by atoms with Gasteiger partial charge in [-0.15, -0.1) is 26.3 Å². The molecule has 0 saturated heterocycles. The van der Waals surface area contributed by atoms with Gasteiger partial charge in [0.1, 0.15) is 0 Å². The van der Waals surface area contributed by atoms with Crippen molar-refractivity contribution < 1.29 is 40.6 Å². The third-order valence-electron chi connectivity index (χ3n) is 3.82. The van der Waals surface area contributed by atoms with Crippen molar-refractivity contribution in [1.82, 2.24) is 19.9 Å². The Hall–Kier alpha value is -3.51. The first-order valence-electron chi connectivity index (χ1n) is 8.60. The van der Waals surface area contributed by atoms with E-state index >= 15 is 0 Å². The fraction of sp³-hybridized carbons (Fsp3) is 0.278. The SMILES string of the molecule is O=C1C(=Cc2cncc(OC(F)(F)F)n2)CCCC1=Cc1cncc(OC(F)(F)F)n1. The van der Waals surface area contributed by atoms with Crippen LogP contribution in [0.1, 0.15) is 30.7 Å². The molecule has 0 bridgehead atoms. The monoisotopic (exact) mass is 446 g/mol. The van der Waals surface area contributed by atoms with Gasteiger partial charge < -0.3 is 9.47 Å². The van der Waals surface area contributed by atoms with Crippen molar-refractivity contribution in [2.45, 2.75) is 32.0 Å². The standard InChI is InChI=1S/C18H12F6N4O3/c19-17(20,21)30-14-8-25-6-12(27-14)4-10-2-1-3-11(16(10)29)5-13-7-26-9-15(28-13)31-18(22,23)24/h4-9H,1-3H2. The smallest absolute Gasteiger partial charge is 0.386 e. The van der Waals surface area contributed by atoms with Crippen molar-refractivity contribution in [3.8, 4) is 11.8 Å². The van der Waals surface area contributed by atoms with E-state index in [9.17, 15) is 31.1 Å². The predicted octanol–water partition coefficient (Wildman–Crippen LogP) is 4.28. The average molecular weight is 446 g/mol. The first-order chi connectivity index (χ1) is 14.5. The average Bonchev–Trinajstić information content (AvgIpc) is 2.63. The summed E-state index contributed by atoms with van der Waals surface area (Å²) in [6, 6.07) is 0. The largest absolute Gasteiger partial charge is 0.574 e. The predicted molar refractivity (Wildman–Crippen MR) is 92.2 cm³/mol. The van der Waals surface area contributed by atoms with Gasteiger partial charge in [-0.25, -0.2) is 9.97 Å². The number of hydrogen-bond donors (Lipinski definition) is 0. The summed E-state index contributed by atoms with van der Waals surface area (Å²) in [6.45, 7) is 0. The summed E-state index contributed by atoms with van der Waals surface area (Å²) in [5.41, 5.74) is 0.441. The molecule has 0 aliphatic heterocycles. The lowest BCUT2D eigenvalue weighted by Gasteiger charge is -2.16. The Bertz CT molecular complexity index is 954. The summed E-state index contributed by atoms with van der Waals surface area (Å²) in [6.07, 6.45) is -2.30. The second-order valence-electron chi connectivity index (χ2n) is 6.18. The van der Waals surface area contributed by atoms with Gasteiger partial charge in [0.15, 0.2) is 5.78 Å². The number of allylic oxidation sites excluding steroid dienone is 2. The number of carbonyl (C=O) groups excluding carboxylic acids is 1. The van der Waals surface area contributed by atoms with Crippen LogP contribution >= 0.6 is 0 Å². The molecule has 1 fully saturated rings. The van der Waals surface area contributed by atoms with Crippen LogP contribution in [-0.2, 0) is 4.79 Å². The Morgan fingerprint density at radius 2 is 1.16 bits per heavy atom. The zero-order valence-corrected chi connectivity index (χ0v) is 15.4. The van der Waals surface area contributed by atoms with Crippen molar-refractivity contribution in [1.29, 1.82) is 0 Å². The van der Waals surface area contributed by atoms with Gasteiger partial charge in [0.25, 0.3) is 0 Å². The molecule has 0 spiro atoms. The normalized spacial score (nSPS) is 17.8. The Morgan fingerprint density at radius 3 is 1.55 bits per heavy atom. The highest BCUT2D eigenvalue weighted by Gasteiger charge is 2.33. The molecule has 0 unspecified atom stereocenters. The number of ketones is 1. The summed E-state index contributed by atoms with van der Waals surface area (Å²) < 4.78 is 81.3. The van der Waals surface area contributed by atoms with E-state index in [0.717, 1.165) is 24.8 Å². The number of Topliss-reactive ketones (excluding diaryl/α,β-unsaturated/α-hetero) is 1. The maximum atomic E-state index is 12.7. The molecule has 2 heterocycles. The van der Waals surface area contributed by atoms with Crippen LogP contribution in [0.3, 0.4) is 0 Å². The van der Waals surface area contributed by atoms with Gasteiger partial charge in [0.2, 0.25) is 11.8 Å². The van der Waals surface area contributed by atoms with Crippen LogP contribution in [0.15, 0.2) is 35.9 Å². The highest BCUT2D eigenvalue weighted by molar-refractivity contribution is 6.13. The molecule has 3 rings (SSSR count). The molecule has 0 aromatic carbocycles. The first-order valence-corrected chi connectivity index (χ1v) is 8.60. The van der Waals surface area contributed by atoms with Gasteiger partial charge in [-0.1, -0.05) is 0 Å². The van der Waals surface area contributed by atoms with Crippen LogP contribution < -0.4 is 9.47 Å². The molecule has 31 heavy (non-hydrogen) atoms. The Balaban J connectivity index is 1.82. The number of hydrogen-bond acceptors (Lipinski definition) is 7. The molecule has 1 saturated carbocycles. The molecular weight excluding hydrogens is 434 g/mol. The summed E-state index contributed by atoms with van der Waals surface area (Å²) in [4.78, 5) is 27.2. The van der Waals surface area contributed by atoms with Crippen LogP contribution in [0.2, 0.25) is 0 Å². The summed E-state index contributed by atoms with van der Waals surface area (Å²) in [5, 5.41) is 0. The van der Waals surface area contributed by atoms with Crippen molar-refractivity contribution in [2.24, 2.45) is 0 Å². The lowest BCUT2D eigenvalue weighted by Crippen LogP contribution is -2.18. The molecular formula is C18H12F6N4O3. The van der Waals surface area contributed by atoms with Gasteiger partial charge >= 0.3 is 12.7 Å². The Morgan fingerprint density at radius 1 is 0.742 bits per heavy atom. The first kappa shape index (κ1) is 22.2. The van der Waals surface area contributed by atoms with E-state index in [1.165, 1.54) is 12.2 Å². The molecule has 13 heteroatoms. The zero-order chi connectivity index (χ0) is 22.6. The van der Waals surface area contributed by atoms with Crippen LogP contribution in [0.5, 0.6) is 11.8 Å². The van der Waals surface area contributed by atoms with Gasteiger partial charge in [-0.3, -0.25) is 14.8 Å². The Kier molecular flexibility index (Phi) is 6.22. The van der Waals surface area contributed by atoms with E-state index in [2.05, 4.69) is 29.4 Å². The molecule has 1 aliphatic carbocycles. The summed E-state index contributed by atoms with van der Waals surface area (Å²) >= 11 is 0. The number of halogens is 6. The maximum Gasteiger partial charge on any atom is 0.574 e. The summed E-state index contributed by atoms with van der Waals surface area (Å²) in [5.74, 6) is -2.01. The van der Waals surface area contributed by atoms with Crippen LogP contribution in [-0.4, -0.2) is 38.4 Å². The lowest BCUT2D eigenvalue weighted by molar-refractivity contribution is -0.277. The van der Waals surface area contributed by atoms with Gasteiger partial charge in [0.05, 0.1) is 36.2 Å².